The first kappa shape index (κ1) is 18.8. The molecule has 0 atom stereocenters. The number of carbonyl (C=O) groups is 1. The van der Waals surface area contributed by atoms with Crippen molar-refractivity contribution in [1.29, 1.82) is 0 Å². The van der Waals surface area contributed by atoms with Crippen molar-refractivity contribution in [3.8, 4) is 12.3 Å². The Hall–Kier alpha value is -1.17. The lowest BCUT2D eigenvalue weighted by Crippen LogP contribution is -2.26. The summed E-state index contributed by atoms with van der Waals surface area (Å²) >= 11 is 0. The Morgan fingerprint density at radius 2 is 1.45 bits per heavy atom. The van der Waals surface area contributed by atoms with Gasteiger partial charge >= 0.3 is 5.97 Å². The molecule has 20 heavy (non-hydrogen) atoms. The molecule has 7 heteroatoms. The molecule has 0 aromatic heterocycles. The number of hydrogen-bond donors (Lipinski definition) is 2. The van der Waals surface area contributed by atoms with Crippen molar-refractivity contribution in [2.24, 2.45) is 0 Å². The first-order valence-electron chi connectivity index (χ1n) is 6.44. The molecule has 2 N–H and O–H groups in total. The normalized spacial score (nSPS) is 10.3. The standard InChI is InChI=1S/C13H23NO6/c1-2-4-17-6-8-19-10-11-20-9-7-18-5-3-14-12-13(15)16/h1,14H,3-12H2,(H,15,16). The van der Waals surface area contributed by atoms with Crippen LogP contribution in [0.3, 0.4) is 0 Å². The van der Waals surface area contributed by atoms with Crippen LogP contribution in [0.4, 0.5) is 0 Å². The summed E-state index contributed by atoms with van der Waals surface area (Å²) in [4.78, 5) is 10.2. The summed E-state index contributed by atoms with van der Waals surface area (Å²) in [6.45, 7) is 4.15. The fourth-order valence-corrected chi connectivity index (χ4v) is 1.13. The number of terminal acetylenes is 1. The van der Waals surface area contributed by atoms with Crippen LogP contribution in [0.15, 0.2) is 0 Å². The lowest BCUT2D eigenvalue weighted by molar-refractivity contribution is -0.136. The van der Waals surface area contributed by atoms with Gasteiger partial charge in [0.2, 0.25) is 0 Å². The van der Waals surface area contributed by atoms with Gasteiger partial charge in [0.15, 0.2) is 0 Å². The van der Waals surface area contributed by atoms with Gasteiger partial charge in [0, 0.05) is 6.54 Å². The minimum absolute atomic E-state index is 0.0533. The summed E-state index contributed by atoms with van der Waals surface area (Å²) in [5, 5.41) is 11.1. The van der Waals surface area contributed by atoms with E-state index in [0.29, 0.717) is 59.4 Å². The van der Waals surface area contributed by atoms with Crippen molar-refractivity contribution in [3.63, 3.8) is 0 Å². The number of carboxylic acid groups (broad SMARTS) is 1. The molecule has 116 valence electrons. The molecule has 0 aromatic rings. The van der Waals surface area contributed by atoms with Gasteiger partial charge in [-0.15, -0.1) is 6.42 Å². The van der Waals surface area contributed by atoms with Crippen LogP contribution >= 0.6 is 0 Å². The van der Waals surface area contributed by atoms with E-state index in [4.69, 9.17) is 30.5 Å². The average Bonchev–Trinajstić information content (AvgIpc) is 2.43. The summed E-state index contributed by atoms with van der Waals surface area (Å²) in [7, 11) is 0. The molecule has 7 nitrogen and oxygen atoms in total. The fourth-order valence-electron chi connectivity index (χ4n) is 1.13. The van der Waals surface area contributed by atoms with Crippen LogP contribution in [0.1, 0.15) is 0 Å². The Morgan fingerprint density at radius 3 is 1.95 bits per heavy atom. The van der Waals surface area contributed by atoms with Gasteiger partial charge < -0.3 is 29.4 Å². The quantitative estimate of drug-likeness (QED) is 0.306. The molecule has 0 rings (SSSR count). The molecule has 0 aliphatic rings. The Morgan fingerprint density at radius 1 is 0.950 bits per heavy atom. The van der Waals surface area contributed by atoms with Crippen molar-refractivity contribution in [1.82, 2.24) is 5.32 Å². The Balaban J connectivity index is 2.96. The van der Waals surface area contributed by atoms with Crippen molar-refractivity contribution in [2.45, 2.75) is 0 Å². The highest BCUT2D eigenvalue weighted by atomic mass is 16.6. The van der Waals surface area contributed by atoms with Gasteiger partial charge in [-0.3, -0.25) is 4.79 Å². The van der Waals surface area contributed by atoms with E-state index in [1.807, 2.05) is 0 Å². The molecule has 0 spiro atoms. The zero-order chi connectivity index (χ0) is 14.9. The predicted octanol–water partition coefficient (Wildman–Crippen LogP) is -0.640. The van der Waals surface area contributed by atoms with Gasteiger partial charge in [-0.05, 0) is 0 Å². The number of ether oxygens (including phenoxy) is 4. The lowest BCUT2D eigenvalue weighted by atomic mass is 10.6. The molecular formula is C13H23NO6. The molecule has 0 aromatic carbocycles. The smallest absolute Gasteiger partial charge is 0.317 e. The largest absolute Gasteiger partial charge is 0.480 e. The van der Waals surface area contributed by atoms with E-state index >= 15 is 0 Å². The molecule has 0 saturated carbocycles. The third-order valence-corrected chi connectivity index (χ3v) is 2.00. The molecule has 0 heterocycles. The van der Waals surface area contributed by atoms with E-state index in [1.165, 1.54) is 0 Å². The lowest BCUT2D eigenvalue weighted by Gasteiger charge is -2.07. The monoisotopic (exact) mass is 289 g/mol. The van der Waals surface area contributed by atoms with Crippen LogP contribution in [0.25, 0.3) is 0 Å². The van der Waals surface area contributed by atoms with Gasteiger partial charge in [-0.1, -0.05) is 5.92 Å². The number of nitrogens with one attached hydrogen (secondary N) is 1. The molecule has 0 radical (unpaired) electrons. The maximum Gasteiger partial charge on any atom is 0.317 e. The zero-order valence-electron chi connectivity index (χ0n) is 11.6. The van der Waals surface area contributed by atoms with Crippen molar-refractivity contribution in [3.05, 3.63) is 0 Å². The van der Waals surface area contributed by atoms with Crippen LogP contribution < -0.4 is 5.32 Å². The van der Waals surface area contributed by atoms with E-state index in [1.54, 1.807) is 0 Å². The second-order valence-corrected chi connectivity index (χ2v) is 3.66. The number of rotatable bonds is 15. The summed E-state index contributed by atoms with van der Waals surface area (Å²) in [6, 6.07) is 0. The Bertz CT molecular complexity index is 266. The highest BCUT2D eigenvalue weighted by Crippen LogP contribution is 1.82. The third kappa shape index (κ3) is 16.8. The second-order valence-electron chi connectivity index (χ2n) is 3.66. The van der Waals surface area contributed by atoms with E-state index in [-0.39, 0.29) is 6.54 Å². The minimum Gasteiger partial charge on any atom is -0.480 e. The first-order chi connectivity index (χ1) is 9.77. The van der Waals surface area contributed by atoms with E-state index in [9.17, 15) is 4.79 Å². The zero-order valence-corrected chi connectivity index (χ0v) is 11.6. The van der Waals surface area contributed by atoms with Crippen molar-refractivity contribution in [2.75, 3.05) is 65.9 Å². The van der Waals surface area contributed by atoms with Crippen LogP contribution in [0.5, 0.6) is 0 Å². The predicted molar refractivity (Wildman–Crippen MR) is 72.6 cm³/mol. The molecule has 0 fully saturated rings. The van der Waals surface area contributed by atoms with Crippen LogP contribution in [-0.4, -0.2) is 77.0 Å². The van der Waals surface area contributed by atoms with E-state index in [0.717, 1.165) is 0 Å². The van der Waals surface area contributed by atoms with Crippen molar-refractivity contribution < 1.29 is 28.8 Å². The summed E-state index contributed by atoms with van der Waals surface area (Å²) in [5.74, 6) is 1.49. The molecule has 0 aliphatic carbocycles. The Labute approximate surface area is 119 Å². The maximum absolute atomic E-state index is 10.2. The molecule has 0 saturated heterocycles. The number of hydrogen-bond acceptors (Lipinski definition) is 6. The molecule has 0 bridgehead atoms. The summed E-state index contributed by atoms with van der Waals surface area (Å²) < 4.78 is 20.8. The summed E-state index contributed by atoms with van der Waals surface area (Å²) in [5.41, 5.74) is 0. The minimum atomic E-state index is -0.877. The number of aliphatic carboxylic acids is 1. The average molecular weight is 289 g/mol. The van der Waals surface area contributed by atoms with Gasteiger partial charge in [-0.25, -0.2) is 0 Å². The SMILES string of the molecule is C#CCOCCOCCOCCOCCNCC(=O)O. The highest BCUT2D eigenvalue weighted by Gasteiger charge is 1.95. The van der Waals surface area contributed by atoms with Crippen LogP contribution in [-0.2, 0) is 23.7 Å². The van der Waals surface area contributed by atoms with Gasteiger partial charge in [0.1, 0.15) is 6.61 Å². The van der Waals surface area contributed by atoms with E-state index in [2.05, 4.69) is 11.2 Å². The Kier molecular flexibility index (Phi) is 15.0. The molecular weight excluding hydrogens is 266 g/mol. The second kappa shape index (κ2) is 15.9. The van der Waals surface area contributed by atoms with Gasteiger partial charge in [-0.2, -0.15) is 0 Å². The third-order valence-electron chi connectivity index (χ3n) is 2.00. The first-order valence-corrected chi connectivity index (χ1v) is 6.44. The highest BCUT2D eigenvalue weighted by molar-refractivity contribution is 5.68. The number of carboxylic acids is 1. The van der Waals surface area contributed by atoms with Gasteiger partial charge in [0.25, 0.3) is 0 Å². The van der Waals surface area contributed by atoms with E-state index < -0.39 is 5.97 Å². The van der Waals surface area contributed by atoms with Crippen LogP contribution in [0.2, 0.25) is 0 Å². The van der Waals surface area contributed by atoms with Crippen molar-refractivity contribution >= 4 is 5.97 Å². The topological polar surface area (TPSA) is 86.3 Å². The van der Waals surface area contributed by atoms with Gasteiger partial charge in [0.05, 0.1) is 52.8 Å². The fraction of sp³-hybridized carbons (Fsp3) is 0.769. The maximum atomic E-state index is 10.2. The summed E-state index contributed by atoms with van der Waals surface area (Å²) in [6.07, 6.45) is 5.01. The van der Waals surface area contributed by atoms with Crippen LogP contribution in [0, 0.1) is 12.3 Å². The molecule has 0 aliphatic heterocycles. The molecule has 0 amide bonds. The molecule has 0 unspecified atom stereocenters.